The molecule has 136 valence electrons. The van der Waals surface area contributed by atoms with Crippen LogP contribution in [0.4, 0.5) is 5.69 Å². The Morgan fingerprint density at radius 3 is 2.50 bits per heavy atom. The van der Waals surface area contributed by atoms with Crippen LogP contribution in [0.15, 0.2) is 34.9 Å². The molecule has 1 aromatic carbocycles. The van der Waals surface area contributed by atoms with Gasteiger partial charge in [0.05, 0.1) is 23.0 Å². The van der Waals surface area contributed by atoms with Crippen LogP contribution in [0.5, 0.6) is 0 Å². The summed E-state index contributed by atoms with van der Waals surface area (Å²) in [5.41, 5.74) is 9.26. The van der Waals surface area contributed by atoms with E-state index < -0.39 is 0 Å². The summed E-state index contributed by atoms with van der Waals surface area (Å²) < 4.78 is 8.29. The van der Waals surface area contributed by atoms with Gasteiger partial charge in [0.25, 0.3) is 0 Å². The monoisotopic (exact) mass is 348 g/mol. The van der Waals surface area contributed by atoms with Crippen LogP contribution >= 0.6 is 0 Å². The largest absolute Gasteiger partial charge is 0.462 e. The highest BCUT2D eigenvalue weighted by Gasteiger charge is 2.63. The number of furan rings is 1. The fourth-order valence-electron chi connectivity index (χ4n) is 5.84. The summed E-state index contributed by atoms with van der Waals surface area (Å²) in [6.07, 6.45) is 1.82. The molecule has 2 aliphatic rings. The van der Waals surface area contributed by atoms with E-state index in [1.165, 1.54) is 33.6 Å². The first-order chi connectivity index (χ1) is 12.1. The van der Waals surface area contributed by atoms with E-state index in [2.05, 4.69) is 82.3 Å². The maximum atomic E-state index is 5.92. The fourth-order valence-corrected chi connectivity index (χ4v) is 5.84. The molecule has 0 aliphatic carbocycles. The molecule has 0 fully saturated rings. The lowest BCUT2D eigenvalue weighted by molar-refractivity contribution is 0.0640. The Morgan fingerprint density at radius 1 is 1.04 bits per heavy atom. The number of hydrogen-bond donors (Lipinski definition) is 0. The first kappa shape index (κ1) is 16.0. The Labute approximate surface area is 155 Å². The Balaban J connectivity index is 1.92. The Hall–Kier alpha value is -2.16. The number of rotatable bonds is 0. The number of aryl methyl sites for hydroxylation is 2. The zero-order valence-electron chi connectivity index (χ0n) is 16.9. The zero-order chi connectivity index (χ0) is 18.6. The molecule has 0 amide bonds. The molecular formula is C23H28N2O. The van der Waals surface area contributed by atoms with E-state index in [0.717, 1.165) is 12.1 Å². The van der Waals surface area contributed by atoms with Crippen molar-refractivity contribution < 1.29 is 4.42 Å². The summed E-state index contributed by atoms with van der Waals surface area (Å²) in [5, 5.41) is 0. The molecule has 0 bridgehead atoms. The summed E-state index contributed by atoms with van der Waals surface area (Å²) in [6.45, 7) is 15.3. The number of benzene rings is 1. The molecule has 2 aliphatic heterocycles. The normalized spacial score (nSPS) is 25.3. The third-order valence-electron chi connectivity index (χ3n) is 8.18. The Kier molecular flexibility index (Phi) is 2.71. The van der Waals surface area contributed by atoms with Gasteiger partial charge in [-0.2, -0.15) is 0 Å². The topological polar surface area (TPSA) is 21.3 Å². The van der Waals surface area contributed by atoms with Crippen molar-refractivity contribution in [3.05, 3.63) is 52.9 Å². The maximum absolute atomic E-state index is 5.92. The zero-order valence-corrected chi connectivity index (χ0v) is 16.9. The van der Waals surface area contributed by atoms with Crippen LogP contribution in [0.1, 0.15) is 57.0 Å². The lowest BCUT2D eigenvalue weighted by Gasteiger charge is -2.61. The maximum Gasteiger partial charge on any atom is 0.157 e. The quantitative estimate of drug-likeness (QED) is 0.525. The first-order valence-corrected chi connectivity index (χ1v) is 9.57. The van der Waals surface area contributed by atoms with Crippen LogP contribution < -0.4 is 4.90 Å². The second-order valence-corrected chi connectivity index (χ2v) is 9.40. The molecule has 3 nitrogen and oxygen atoms in total. The molecule has 0 spiro atoms. The van der Waals surface area contributed by atoms with Gasteiger partial charge in [-0.3, -0.25) is 0 Å². The van der Waals surface area contributed by atoms with Crippen LogP contribution in [0.2, 0.25) is 0 Å². The van der Waals surface area contributed by atoms with Crippen molar-refractivity contribution in [2.75, 3.05) is 4.90 Å². The van der Waals surface area contributed by atoms with Crippen LogP contribution in [-0.2, 0) is 24.5 Å². The van der Waals surface area contributed by atoms with E-state index in [4.69, 9.17) is 4.42 Å². The molecule has 0 N–H and O–H groups in total. The molecule has 4 heterocycles. The van der Waals surface area contributed by atoms with Crippen molar-refractivity contribution in [1.29, 1.82) is 0 Å². The van der Waals surface area contributed by atoms with Gasteiger partial charge in [0.1, 0.15) is 0 Å². The minimum Gasteiger partial charge on any atom is -0.462 e. The lowest BCUT2D eigenvalue weighted by Crippen LogP contribution is -2.62. The number of nitrogens with zero attached hydrogens (tertiary/aromatic N) is 2. The molecular weight excluding hydrogens is 320 g/mol. The third-order valence-corrected chi connectivity index (χ3v) is 8.18. The summed E-state index contributed by atoms with van der Waals surface area (Å²) in [7, 11) is 2.20. The third kappa shape index (κ3) is 1.42. The molecule has 1 atom stereocenters. The van der Waals surface area contributed by atoms with Gasteiger partial charge in [0.15, 0.2) is 5.58 Å². The SMILES string of the molecule is Cc1cccc2c1N1Cc3c(n(C)c4ccoc34)C1(C)C(C)(C)C2(C)C. The molecule has 26 heavy (non-hydrogen) atoms. The Morgan fingerprint density at radius 2 is 1.77 bits per heavy atom. The average molecular weight is 348 g/mol. The van der Waals surface area contributed by atoms with Crippen LogP contribution in [0.25, 0.3) is 11.1 Å². The number of aromatic nitrogens is 1. The van der Waals surface area contributed by atoms with Crippen molar-refractivity contribution in [2.45, 2.75) is 59.0 Å². The molecule has 0 saturated heterocycles. The summed E-state index contributed by atoms with van der Waals surface area (Å²) >= 11 is 0. The summed E-state index contributed by atoms with van der Waals surface area (Å²) in [6, 6.07) is 8.89. The standard InChI is InChI=1S/C23H28N2O/c1-14-9-8-10-16-18(14)25-13-15-19-17(11-12-26-19)24(7)20(15)23(25,6)22(4,5)21(16,2)3/h8-12H,13H2,1-7H3. The van der Waals surface area contributed by atoms with Crippen molar-refractivity contribution in [2.24, 2.45) is 12.5 Å². The molecule has 0 saturated carbocycles. The predicted molar refractivity (Wildman–Crippen MR) is 107 cm³/mol. The number of fused-ring (bicyclic) bond motifs is 7. The fraction of sp³-hybridized carbons (Fsp3) is 0.478. The van der Waals surface area contributed by atoms with Crippen LogP contribution in [0, 0.1) is 12.3 Å². The second kappa shape index (κ2) is 4.39. The highest BCUT2D eigenvalue weighted by Crippen LogP contribution is 2.65. The van der Waals surface area contributed by atoms with Crippen molar-refractivity contribution in [3.8, 4) is 0 Å². The number of para-hydroxylation sites is 1. The van der Waals surface area contributed by atoms with Gasteiger partial charge in [-0.25, -0.2) is 0 Å². The molecule has 3 heteroatoms. The van der Waals surface area contributed by atoms with Gasteiger partial charge in [0.2, 0.25) is 0 Å². The molecule has 1 unspecified atom stereocenters. The van der Waals surface area contributed by atoms with Crippen molar-refractivity contribution in [3.63, 3.8) is 0 Å². The first-order valence-electron chi connectivity index (χ1n) is 9.57. The van der Waals surface area contributed by atoms with E-state index in [-0.39, 0.29) is 16.4 Å². The smallest absolute Gasteiger partial charge is 0.157 e. The summed E-state index contributed by atoms with van der Waals surface area (Å²) in [4.78, 5) is 2.65. The highest BCUT2D eigenvalue weighted by molar-refractivity contribution is 5.84. The molecule has 0 radical (unpaired) electrons. The van der Waals surface area contributed by atoms with Gasteiger partial charge < -0.3 is 13.9 Å². The molecule has 2 aromatic heterocycles. The van der Waals surface area contributed by atoms with E-state index in [1.54, 1.807) is 0 Å². The second-order valence-electron chi connectivity index (χ2n) is 9.40. The molecule has 5 rings (SSSR count). The highest BCUT2D eigenvalue weighted by atomic mass is 16.3. The Bertz CT molecular complexity index is 1070. The van der Waals surface area contributed by atoms with E-state index in [1.807, 2.05) is 6.26 Å². The minimum absolute atomic E-state index is 0.0373. The predicted octanol–water partition coefficient (Wildman–Crippen LogP) is 5.63. The van der Waals surface area contributed by atoms with Gasteiger partial charge in [0, 0.05) is 36.3 Å². The lowest BCUT2D eigenvalue weighted by atomic mass is 9.52. The summed E-state index contributed by atoms with van der Waals surface area (Å²) in [5.74, 6) is 0. The van der Waals surface area contributed by atoms with Gasteiger partial charge >= 0.3 is 0 Å². The average Bonchev–Trinajstić information content (AvgIpc) is 3.22. The van der Waals surface area contributed by atoms with Gasteiger partial charge in [-0.15, -0.1) is 0 Å². The van der Waals surface area contributed by atoms with E-state index in [9.17, 15) is 0 Å². The minimum atomic E-state index is -0.0960. The van der Waals surface area contributed by atoms with Crippen LogP contribution in [-0.4, -0.2) is 4.57 Å². The number of anilines is 1. The molecule has 3 aromatic rings. The van der Waals surface area contributed by atoms with E-state index in [0.29, 0.717) is 0 Å². The van der Waals surface area contributed by atoms with Gasteiger partial charge in [-0.1, -0.05) is 45.9 Å². The van der Waals surface area contributed by atoms with Gasteiger partial charge in [-0.05, 0) is 30.4 Å². The van der Waals surface area contributed by atoms with Crippen molar-refractivity contribution >= 4 is 16.8 Å². The number of hydrogen-bond acceptors (Lipinski definition) is 2. The van der Waals surface area contributed by atoms with Crippen molar-refractivity contribution in [1.82, 2.24) is 4.57 Å². The van der Waals surface area contributed by atoms with E-state index >= 15 is 0 Å². The van der Waals surface area contributed by atoms with Crippen LogP contribution in [0.3, 0.4) is 0 Å².